The molecule has 1 aromatic rings. The Morgan fingerprint density at radius 3 is 2.52 bits per heavy atom. The van der Waals surface area contributed by atoms with E-state index in [2.05, 4.69) is 19.2 Å². The van der Waals surface area contributed by atoms with Crippen LogP contribution in [0.25, 0.3) is 0 Å². The van der Waals surface area contributed by atoms with Crippen LogP contribution in [0.5, 0.6) is 0 Å². The van der Waals surface area contributed by atoms with Crippen LogP contribution in [0.2, 0.25) is 0 Å². The first-order valence-corrected chi connectivity index (χ1v) is 7.41. The molecule has 2 fully saturated rings. The van der Waals surface area contributed by atoms with E-state index in [1.807, 2.05) is 0 Å². The van der Waals surface area contributed by atoms with Gasteiger partial charge in [0.2, 0.25) is 11.8 Å². The first-order valence-electron chi connectivity index (χ1n) is 7.41. The highest BCUT2D eigenvalue weighted by atomic mass is 19.1. The number of carbonyl (C=O) groups is 2. The molecule has 2 unspecified atom stereocenters. The summed E-state index contributed by atoms with van der Waals surface area (Å²) in [6.45, 7) is 4.30. The van der Waals surface area contributed by atoms with Crippen molar-refractivity contribution in [2.75, 3.05) is 0 Å². The molecule has 1 heterocycles. The maximum atomic E-state index is 14.2. The lowest BCUT2D eigenvalue weighted by molar-refractivity contribution is -0.140. The maximum absolute atomic E-state index is 14.2. The molecule has 2 amide bonds. The summed E-state index contributed by atoms with van der Waals surface area (Å²) in [7, 11) is 0. The third kappa shape index (κ3) is 2.37. The molecule has 2 atom stereocenters. The first-order chi connectivity index (χ1) is 9.83. The van der Waals surface area contributed by atoms with Crippen molar-refractivity contribution >= 4 is 11.8 Å². The SMILES string of the molecule is CC1(C)CCC2(CC(=O)NC(=O)C2c2ccccc2F)C1. The quantitative estimate of drug-likeness (QED) is 0.807. The predicted molar refractivity (Wildman–Crippen MR) is 77.0 cm³/mol. The van der Waals surface area contributed by atoms with E-state index in [0.29, 0.717) is 12.0 Å². The summed E-state index contributed by atoms with van der Waals surface area (Å²) in [5, 5.41) is 2.39. The number of rotatable bonds is 1. The van der Waals surface area contributed by atoms with E-state index >= 15 is 0 Å². The van der Waals surface area contributed by atoms with Crippen molar-refractivity contribution in [1.82, 2.24) is 5.32 Å². The van der Waals surface area contributed by atoms with E-state index < -0.39 is 11.3 Å². The molecule has 3 rings (SSSR count). The van der Waals surface area contributed by atoms with Gasteiger partial charge in [-0.05, 0) is 36.2 Å². The van der Waals surface area contributed by atoms with E-state index in [-0.39, 0.29) is 23.0 Å². The zero-order valence-corrected chi connectivity index (χ0v) is 12.4. The number of amides is 2. The highest BCUT2D eigenvalue weighted by Gasteiger charge is 2.55. The molecule has 0 radical (unpaired) electrons. The summed E-state index contributed by atoms with van der Waals surface area (Å²) in [6, 6.07) is 6.42. The highest BCUT2D eigenvalue weighted by Crippen LogP contribution is 2.59. The van der Waals surface area contributed by atoms with Gasteiger partial charge in [0.25, 0.3) is 0 Å². The minimum absolute atomic E-state index is 0.0847. The molecule has 2 aliphatic rings. The Bertz CT molecular complexity index is 611. The van der Waals surface area contributed by atoms with E-state index in [1.165, 1.54) is 6.07 Å². The number of hydrogen-bond donors (Lipinski definition) is 1. The van der Waals surface area contributed by atoms with Gasteiger partial charge in [-0.3, -0.25) is 14.9 Å². The normalized spacial score (nSPS) is 31.5. The fourth-order valence-electron chi connectivity index (χ4n) is 4.25. The van der Waals surface area contributed by atoms with E-state index in [1.54, 1.807) is 18.2 Å². The van der Waals surface area contributed by atoms with Crippen molar-refractivity contribution in [2.45, 2.75) is 45.4 Å². The molecule has 0 aromatic heterocycles. The summed E-state index contributed by atoms with van der Waals surface area (Å²) in [6.07, 6.45) is 2.83. The lowest BCUT2D eigenvalue weighted by Gasteiger charge is -2.41. The van der Waals surface area contributed by atoms with Crippen molar-refractivity contribution in [3.05, 3.63) is 35.6 Å². The summed E-state index contributed by atoms with van der Waals surface area (Å²) in [5.74, 6) is -1.52. The van der Waals surface area contributed by atoms with Crippen molar-refractivity contribution in [2.24, 2.45) is 10.8 Å². The van der Waals surface area contributed by atoms with Gasteiger partial charge in [-0.25, -0.2) is 4.39 Å². The van der Waals surface area contributed by atoms with Crippen LogP contribution in [0.15, 0.2) is 24.3 Å². The van der Waals surface area contributed by atoms with Crippen LogP contribution in [0.3, 0.4) is 0 Å². The van der Waals surface area contributed by atoms with Crippen molar-refractivity contribution in [3.8, 4) is 0 Å². The summed E-state index contributed by atoms with van der Waals surface area (Å²) < 4.78 is 14.2. The van der Waals surface area contributed by atoms with Gasteiger partial charge < -0.3 is 0 Å². The van der Waals surface area contributed by atoms with Crippen LogP contribution in [-0.2, 0) is 9.59 Å². The standard InChI is InChI=1S/C17H20FNO2/c1-16(2)7-8-17(10-16)9-13(20)19-15(21)14(17)11-5-3-4-6-12(11)18/h3-6,14H,7-10H2,1-2H3,(H,19,20,21). The minimum atomic E-state index is -0.571. The molecule has 4 heteroatoms. The summed E-state index contributed by atoms with van der Waals surface area (Å²) in [5.41, 5.74) is 0.0622. The van der Waals surface area contributed by atoms with E-state index in [4.69, 9.17) is 0 Å². The highest BCUT2D eigenvalue weighted by molar-refractivity contribution is 6.02. The Labute approximate surface area is 123 Å². The largest absolute Gasteiger partial charge is 0.296 e. The van der Waals surface area contributed by atoms with Crippen LogP contribution in [0, 0.1) is 16.6 Å². The molecular weight excluding hydrogens is 269 g/mol. The van der Waals surface area contributed by atoms with Crippen molar-refractivity contribution in [1.29, 1.82) is 0 Å². The third-order valence-corrected chi connectivity index (χ3v) is 5.00. The molecule has 1 aromatic carbocycles. The molecule has 1 saturated heterocycles. The van der Waals surface area contributed by atoms with Crippen LogP contribution < -0.4 is 5.32 Å². The number of piperidine rings is 1. The van der Waals surface area contributed by atoms with Crippen LogP contribution in [0.4, 0.5) is 4.39 Å². The van der Waals surface area contributed by atoms with Gasteiger partial charge in [-0.15, -0.1) is 0 Å². The first kappa shape index (κ1) is 14.2. The topological polar surface area (TPSA) is 46.2 Å². The van der Waals surface area contributed by atoms with E-state index in [0.717, 1.165) is 19.3 Å². The van der Waals surface area contributed by atoms with Gasteiger partial charge in [0.05, 0.1) is 5.92 Å². The number of hydrogen-bond acceptors (Lipinski definition) is 2. The second kappa shape index (κ2) is 4.65. The number of imide groups is 1. The average molecular weight is 289 g/mol. The number of halogens is 1. The smallest absolute Gasteiger partial charge is 0.234 e. The molecular formula is C17H20FNO2. The Kier molecular flexibility index (Phi) is 3.15. The maximum Gasteiger partial charge on any atom is 0.234 e. The molecule has 21 heavy (non-hydrogen) atoms. The zero-order chi connectivity index (χ0) is 15.3. The molecule has 0 bridgehead atoms. The van der Waals surface area contributed by atoms with E-state index in [9.17, 15) is 14.0 Å². The summed E-state index contributed by atoms with van der Waals surface area (Å²) >= 11 is 0. The second-order valence-corrected chi connectivity index (χ2v) is 7.25. The number of benzene rings is 1. The van der Waals surface area contributed by atoms with Gasteiger partial charge in [-0.1, -0.05) is 32.0 Å². The molecule has 112 valence electrons. The average Bonchev–Trinajstić information content (AvgIpc) is 2.66. The van der Waals surface area contributed by atoms with Crippen LogP contribution in [0.1, 0.15) is 51.0 Å². The zero-order valence-electron chi connectivity index (χ0n) is 12.4. The second-order valence-electron chi connectivity index (χ2n) is 7.25. The lowest BCUT2D eigenvalue weighted by Crippen LogP contribution is -2.50. The molecule has 1 saturated carbocycles. The van der Waals surface area contributed by atoms with Gasteiger partial charge in [-0.2, -0.15) is 0 Å². The fourth-order valence-corrected chi connectivity index (χ4v) is 4.25. The lowest BCUT2D eigenvalue weighted by atomic mass is 9.64. The number of nitrogens with one attached hydrogen (secondary N) is 1. The third-order valence-electron chi connectivity index (χ3n) is 5.00. The van der Waals surface area contributed by atoms with Crippen molar-refractivity contribution < 1.29 is 14.0 Å². The Balaban J connectivity index is 2.09. The number of carbonyl (C=O) groups excluding carboxylic acids is 2. The Hall–Kier alpha value is -1.71. The molecule has 1 N–H and O–H groups in total. The monoisotopic (exact) mass is 289 g/mol. The minimum Gasteiger partial charge on any atom is -0.296 e. The molecule has 1 spiro atoms. The summed E-state index contributed by atoms with van der Waals surface area (Å²) in [4.78, 5) is 24.3. The van der Waals surface area contributed by atoms with Crippen molar-refractivity contribution in [3.63, 3.8) is 0 Å². The molecule has 1 aliphatic heterocycles. The van der Waals surface area contributed by atoms with Gasteiger partial charge in [0, 0.05) is 12.0 Å². The fraction of sp³-hybridized carbons (Fsp3) is 0.529. The van der Waals surface area contributed by atoms with Gasteiger partial charge >= 0.3 is 0 Å². The van der Waals surface area contributed by atoms with Gasteiger partial charge in [0.1, 0.15) is 5.82 Å². The molecule has 1 aliphatic carbocycles. The van der Waals surface area contributed by atoms with Crippen LogP contribution in [-0.4, -0.2) is 11.8 Å². The predicted octanol–water partition coefficient (Wildman–Crippen LogP) is 3.15. The molecule has 3 nitrogen and oxygen atoms in total. The van der Waals surface area contributed by atoms with Gasteiger partial charge in [0.15, 0.2) is 0 Å². The van der Waals surface area contributed by atoms with Crippen LogP contribution >= 0.6 is 0 Å². The Morgan fingerprint density at radius 2 is 1.90 bits per heavy atom. The Morgan fingerprint density at radius 1 is 1.19 bits per heavy atom.